The van der Waals surface area contributed by atoms with Crippen molar-refractivity contribution < 1.29 is 9.50 Å². The van der Waals surface area contributed by atoms with E-state index >= 15 is 0 Å². The highest BCUT2D eigenvalue weighted by Gasteiger charge is 2.34. The number of hydrogen-bond donors (Lipinski definition) is 2. The van der Waals surface area contributed by atoms with Crippen molar-refractivity contribution in [3.05, 3.63) is 88.5 Å². The van der Waals surface area contributed by atoms with E-state index in [1.807, 2.05) is 30.3 Å². The van der Waals surface area contributed by atoms with Crippen LogP contribution >= 0.6 is 0 Å². The van der Waals surface area contributed by atoms with Crippen LogP contribution in [0.25, 0.3) is 33.4 Å². The van der Waals surface area contributed by atoms with Crippen molar-refractivity contribution in [1.29, 1.82) is 0 Å². The van der Waals surface area contributed by atoms with Crippen molar-refractivity contribution in [3.63, 3.8) is 0 Å². The summed E-state index contributed by atoms with van der Waals surface area (Å²) in [4.78, 5) is 16.9. The van der Waals surface area contributed by atoms with Crippen LogP contribution in [0.5, 0.6) is 0 Å². The van der Waals surface area contributed by atoms with Crippen LogP contribution in [0.2, 0.25) is 0 Å². The number of fused-ring (bicyclic) bond motifs is 1. The summed E-state index contributed by atoms with van der Waals surface area (Å²) >= 11 is 0. The highest BCUT2D eigenvalue weighted by Crippen LogP contribution is 2.38. The molecule has 162 valence electrons. The SMILES string of the molecule is Cn1c(=O)ccc2nc(-c3ccc(C(O)C4CCC4N)cc3)c(-c3ccccc3F)cc21. The Hall–Kier alpha value is -3.35. The number of rotatable bonds is 4. The predicted octanol–water partition coefficient (Wildman–Crippen LogP) is 4.18. The van der Waals surface area contributed by atoms with Crippen LogP contribution in [0.1, 0.15) is 24.5 Å². The number of aliphatic hydroxyl groups is 1. The summed E-state index contributed by atoms with van der Waals surface area (Å²) in [6.07, 6.45) is 1.26. The number of benzene rings is 2. The van der Waals surface area contributed by atoms with Gasteiger partial charge in [-0.25, -0.2) is 9.37 Å². The van der Waals surface area contributed by atoms with Crippen LogP contribution in [0.3, 0.4) is 0 Å². The molecule has 3 N–H and O–H groups in total. The van der Waals surface area contributed by atoms with Crippen molar-refractivity contribution in [3.8, 4) is 22.4 Å². The first kappa shape index (κ1) is 20.5. The number of halogens is 1. The van der Waals surface area contributed by atoms with Crippen LogP contribution in [0.15, 0.2) is 71.5 Å². The summed E-state index contributed by atoms with van der Waals surface area (Å²) in [6.45, 7) is 0. The smallest absolute Gasteiger partial charge is 0.250 e. The second-order valence-electron chi connectivity index (χ2n) is 8.47. The standard InChI is InChI=1S/C26H24FN3O2/c1-30-23-14-19(17-4-2-3-5-20(17)27)25(29-22(23)12-13-24(30)31)15-6-8-16(9-7-15)26(32)18-10-11-21(18)28/h2-9,12-14,18,21,26,32H,10-11,28H2,1H3. The lowest BCUT2D eigenvalue weighted by Crippen LogP contribution is -2.42. The van der Waals surface area contributed by atoms with Gasteiger partial charge >= 0.3 is 0 Å². The van der Waals surface area contributed by atoms with E-state index in [9.17, 15) is 14.3 Å². The molecular formula is C26H24FN3O2. The van der Waals surface area contributed by atoms with Crippen molar-refractivity contribution in [2.45, 2.75) is 25.0 Å². The molecule has 0 aliphatic heterocycles. The first-order chi connectivity index (χ1) is 15.4. The van der Waals surface area contributed by atoms with Crippen LogP contribution in [-0.4, -0.2) is 20.7 Å². The molecule has 3 atom stereocenters. The first-order valence-corrected chi connectivity index (χ1v) is 10.7. The number of aromatic nitrogens is 2. The summed E-state index contributed by atoms with van der Waals surface area (Å²) in [5.74, 6) is -0.281. The Bertz CT molecular complexity index is 1360. The van der Waals surface area contributed by atoms with Gasteiger partial charge in [0.05, 0.1) is 22.8 Å². The Morgan fingerprint density at radius 2 is 1.81 bits per heavy atom. The third kappa shape index (κ3) is 3.42. The highest BCUT2D eigenvalue weighted by molar-refractivity contribution is 5.90. The molecule has 2 aromatic carbocycles. The van der Waals surface area contributed by atoms with E-state index in [1.165, 1.54) is 16.7 Å². The maximum atomic E-state index is 14.8. The van der Waals surface area contributed by atoms with Crippen LogP contribution < -0.4 is 11.3 Å². The number of aryl methyl sites for hydroxylation is 1. The molecular weight excluding hydrogens is 405 g/mol. The van der Waals surface area contributed by atoms with Gasteiger partial charge in [-0.1, -0.05) is 42.5 Å². The molecule has 1 saturated carbocycles. The maximum absolute atomic E-state index is 14.8. The minimum Gasteiger partial charge on any atom is -0.388 e. The predicted molar refractivity (Wildman–Crippen MR) is 123 cm³/mol. The zero-order valence-corrected chi connectivity index (χ0v) is 17.7. The lowest BCUT2D eigenvalue weighted by molar-refractivity contribution is 0.0453. The van der Waals surface area contributed by atoms with Gasteiger partial charge in [0, 0.05) is 41.8 Å². The molecule has 0 saturated heterocycles. The fourth-order valence-corrected chi connectivity index (χ4v) is 4.42. The third-order valence-corrected chi connectivity index (χ3v) is 6.59. The minimum absolute atomic E-state index is 0.0335. The van der Waals surface area contributed by atoms with Gasteiger partial charge in [-0.3, -0.25) is 4.79 Å². The van der Waals surface area contributed by atoms with Gasteiger partial charge in [-0.05, 0) is 36.6 Å². The highest BCUT2D eigenvalue weighted by atomic mass is 19.1. The lowest BCUT2D eigenvalue weighted by atomic mass is 9.74. The molecule has 2 heterocycles. The minimum atomic E-state index is -0.599. The molecule has 6 heteroatoms. The Labute approximate surface area is 185 Å². The molecule has 0 radical (unpaired) electrons. The molecule has 1 fully saturated rings. The zero-order chi connectivity index (χ0) is 22.4. The second-order valence-corrected chi connectivity index (χ2v) is 8.47. The van der Waals surface area contributed by atoms with Crippen molar-refractivity contribution in [2.75, 3.05) is 0 Å². The molecule has 1 aliphatic rings. The van der Waals surface area contributed by atoms with Gasteiger partial charge in [0.2, 0.25) is 0 Å². The van der Waals surface area contributed by atoms with Crippen LogP contribution in [0, 0.1) is 11.7 Å². The van der Waals surface area contributed by atoms with E-state index in [-0.39, 0.29) is 23.3 Å². The Kier molecular flexibility index (Phi) is 5.12. The quantitative estimate of drug-likeness (QED) is 0.510. The summed E-state index contributed by atoms with van der Waals surface area (Å²) in [6, 6.07) is 19.1. The van der Waals surface area contributed by atoms with Gasteiger partial charge in [-0.15, -0.1) is 0 Å². The second kappa shape index (κ2) is 7.97. The summed E-state index contributed by atoms with van der Waals surface area (Å²) in [7, 11) is 1.68. The topological polar surface area (TPSA) is 81.1 Å². The molecule has 5 nitrogen and oxygen atoms in total. The normalized spacial score (nSPS) is 19.0. The molecule has 3 unspecified atom stereocenters. The molecule has 2 aromatic heterocycles. The molecule has 0 spiro atoms. The summed E-state index contributed by atoms with van der Waals surface area (Å²) < 4.78 is 16.3. The van der Waals surface area contributed by atoms with Crippen LogP contribution in [0.4, 0.5) is 4.39 Å². The van der Waals surface area contributed by atoms with E-state index in [0.29, 0.717) is 27.9 Å². The number of hydrogen-bond acceptors (Lipinski definition) is 4. The number of pyridine rings is 2. The Morgan fingerprint density at radius 1 is 1.06 bits per heavy atom. The largest absolute Gasteiger partial charge is 0.388 e. The van der Waals surface area contributed by atoms with Crippen molar-refractivity contribution in [2.24, 2.45) is 18.7 Å². The van der Waals surface area contributed by atoms with Gasteiger partial charge in [-0.2, -0.15) is 0 Å². The molecule has 5 rings (SSSR count). The average molecular weight is 429 g/mol. The van der Waals surface area contributed by atoms with Gasteiger partial charge < -0.3 is 15.4 Å². The van der Waals surface area contributed by atoms with Crippen LogP contribution in [-0.2, 0) is 7.05 Å². The van der Waals surface area contributed by atoms with Crippen molar-refractivity contribution in [1.82, 2.24) is 9.55 Å². The monoisotopic (exact) mass is 429 g/mol. The van der Waals surface area contributed by atoms with E-state index < -0.39 is 6.10 Å². The maximum Gasteiger partial charge on any atom is 0.250 e. The third-order valence-electron chi connectivity index (χ3n) is 6.59. The zero-order valence-electron chi connectivity index (χ0n) is 17.7. The molecule has 1 aliphatic carbocycles. The molecule has 0 bridgehead atoms. The van der Waals surface area contributed by atoms with Gasteiger partial charge in [0.15, 0.2) is 0 Å². The van der Waals surface area contributed by atoms with Gasteiger partial charge in [0.1, 0.15) is 5.82 Å². The van der Waals surface area contributed by atoms with E-state index in [2.05, 4.69) is 0 Å². The fourth-order valence-electron chi connectivity index (χ4n) is 4.42. The molecule has 32 heavy (non-hydrogen) atoms. The van der Waals surface area contributed by atoms with E-state index in [0.717, 1.165) is 24.0 Å². The Morgan fingerprint density at radius 3 is 2.47 bits per heavy atom. The fraction of sp³-hybridized carbons (Fsp3) is 0.231. The summed E-state index contributed by atoms with van der Waals surface area (Å²) in [5, 5.41) is 10.7. The first-order valence-electron chi connectivity index (χ1n) is 10.7. The average Bonchev–Trinajstić information content (AvgIpc) is 2.80. The lowest BCUT2D eigenvalue weighted by Gasteiger charge is -2.37. The van der Waals surface area contributed by atoms with Gasteiger partial charge in [0.25, 0.3) is 5.56 Å². The van der Waals surface area contributed by atoms with Crippen molar-refractivity contribution >= 4 is 11.0 Å². The number of aliphatic hydroxyl groups excluding tert-OH is 1. The van der Waals surface area contributed by atoms with E-state index in [1.54, 1.807) is 31.3 Å². The number of nitrogens with two attached hydrogens (primary N) is 1. The molecule has 4 aromatic rings. The number of nitrogens with zero attached hydrogens (tertiary/aromatic N) is 2. The summed E-state index contributed by atoms with van der Waals surface area (Å²) in [5.41, 5.74) is 10.4. The molecule has 0 amide bonds. The van der Waals surface area contributed by atoms with E-state index in [4.69, 9.17) is 10.7 Å². The Balaban J connectivity index is 1.66.